The van der Waals surface area contributed by atoms with Gasteiger partial charge in [-0.3, -0.25) is 14.4 Å². The number of carbonyl (C=O) groups is 3. The van der Waals surface area contributed by atoms with E-state index in [0.29, 0.717) is 19.3 Å². The third-order valence-corrected chi connectivity index (χ3v) is 13.0. The Bertz CT molecular complexity index is 1780. The van der Waals surface area contributed by atoms with E-state index in [-0.39, 0.29) is 31.1 Å². The third kappa shape index (κ3) is 63.7. The zero-order valence-corrected chi connectivity index (χ0v) is 50.8. The Hall–Kier alpha value is -4.97. The first-order valence-corrected chi connectivity index (χ1v) is 32.0. The number of allylic oxidation sites excluding steroid dienone is 26. The van der Waals surface area contributed by atoms with Gasteiger partial charge in [0.2, 0.25) is 0 Å². The normalized spacial score (nSPS) is 13.2. The summed E-state index contributed by atoms with van der Waals surface area (Å²) < 4.78 is 16.8. The summed E-state index contributed by atoms with van der Waals surface area (Å²) in [5, 5.41) is 0. The van der Waals surface area contributed by atoms with Crippen molar-refractivity contribution in [3.8, 4) is 0 Å². The summed E-state index contributed by atoms with van der Waals surface area (Å²) in [6.07, 6.45) is 95.3. The Morgan fingerprint density at radius 2 is 0.506 bits per heavy atom. The molecule has 0 aliphatic heterocycles. The van der Waals surface area contributed by atoms with E-state index in [1.807, 2.05) is 0 Å². The molecule has 0 amide bonds. The molecule has 6 nitrogen and oxygen atoms in total. The van der Waals surface area contributed by atoms with Crippen LogP contribution in [-0.2, 0) is 28.6 Å². The topological polar surface area (TPSA) is 78.9 Å². The van der Waals surface area contributed by atoms with E-state index in [2.05, 4.69) is 179 Å². The smallest absolute Gasteiger partial charge is 0.306 e. The molecule has 79 heavy (non-hydrogen) atoms. The number of carbonyl (C=O) groups excluding carboxylic acids is 3. The number of esters is 3. The predicted molar refractivity (Wildman–Crippen MR) is 343 cm³/mol. The molecule has 0 aromatic heterocycles. The van der Waals surface area contributed by atoms with E-state index >= 15 is 0 Å². The highest BCUT2D eigenvalue weighted by atomic mass is 16.6. The summed E-state index contributed by atoms with van der Waals surface area (Å²) in [4.78, 5) is 38.2. The van der Waals surface area contributed by atoms with E-state index < -0.39 is 6.10 Å². The first-order valence-electron chi connectivity index (χ1n) is 32.0. The van der Waals surface area contributed by atoms with Crippen LogP contribution in [0.25, 0.3) is 0 Å². The number of hydrogen-bond acceptors (Lipinski definition) is 6. The van der Waals surface area contributed by atoms with Gasteiger partial charge in [-0.2, -0.15) is 0 Å². The third-order valence-electron chi connectivity index (χ3n) is 13.0. The summed E-state index contributed by atoms with van der Waals surface area (Å²) in [7, 11) is 0. The van der Waals surface area contributed by atoms with Crippen molar-refractivity contribution in [2.24, 2.45) is 0 Å². The van der Waals surface area contributed by atoms with Gasteiger partial charge >= 0.3 is 17.9 Å². The second kappa shape index (κ2) is 65.5. The average molecular weight is 1090 g/mol. The SMILES string of the molecule is CC/C=C\C/C=C\C/C=C\C/C=C\C/C=C\C/C=C\C/C=C\C/C=C\C/C=C\CCCCCC(=O)OCC(COC(=O)CCCCCCC/C=C\CCCC)OC(=O)CCCCCCCC/C=C\C/C=C\C/C=C\CCCCC. The van der Waals surface area contributed by atoms with E-state index in [9.17, 15) is 14.4 Å². The van der Waals surface area contributed by atoms with Crippen LogP contribution in [0.3, 0.4) is 0 Å². The Kier molecular flexibility index (Phi) is 61.4. The van der Waals surface area contributed by atoms with Crippen LogP contribution in [0.5, 0.6) is 0 Å². The monoisotopic (exact) mass is 1090 g/mol. The Morgan fingerprint density at radius 1 is 0.266 bits per heavy atom. The molecule has 0 saturated carbocycles. The largest absolute Gasteiger partial charge is 0.462 e. The van der Waals surface area contributed by atoms with Crippen LogP contribution < -0.4 is 0 Å². The fourth-order valence-electron chi connectivity index (χ4n) is 8.19. The van der Waals surface area contributed by atoms with Gasteiger partial charge in [0.15, 0.2) is 6.10 Å². The summed E-state index contributed by atoms with van der Waals surface area (Å²) in [5.74, 6) is -0.965. The molecule has 0 aliphatic rings. The zero-order valence-electron chi connectivity index (χ0n) is 50.8. The van der Waals surface area contributed by atoms with Crippen LogP contribution in [0.2, 0.25) is 0 Å². The number of rotatable bonds is 56. The molecule has 0 N–H and O–H groups in total. The maximum atomic E-state index is 12.9. The maximum Gasteiger partial charge on any atom is 0.306 e. The van der Waals surface area contributed by atoms with Gasteiger partial charge in [0.25, 0.3) is 0 Å². The summed E-state index contributed by atoms with van der Waals surface area (Å²) >= 11 is 0. The predicted octanol–water partition coefficient (Wildman–Crippen LogP) is 22.1. The molecule has 0 saturated heterocycles. The molecule has 1 atom stereocenters. The van der Waals surface area contributed by atoms with E-state index in [4.69, 9.17) is 14.2 Å². The molecule has 0 rings (SSSR count). The van der Waals surface area contributed by atoms with Crippen molar-refractivity contribution < 1.29 is 28.6 Å². The average Bonchev–Trinajstić information content (AvgIpc) is 3.45. The fourth-order valence-corrected chi connectivity index (χ4v) is 8.19. The maximum absolute atomic E-state index is 12.9. The molecule has 0 spiro atoms. The van der Waals surface area contributed by atoms with Crippen LogP contribution in [0, 0.1) is 0 Å². The van der Waals surface area contributed by atoms with Crippen LogP contribution >= 0.6 is 0 Å². The molecule has 1 unspecified atom stereocenters. The highest BCUT2D eigenvalue weighted by molar-refractivity contribution is 5.71. The quantitative estimate of drug-likeness (QED) is 0.0261. The van der Waals surface area contributed by atoms with Crippen molar-refractivity contribution in [2.45, 2.75) is 271 Å². The van der Waals surface area contributed by atoms with Crippen molar-refractivity contribution in [2.75, 3.05) is 13.2 Å². The van der Waals surface area contributed by atoms with Crippen molar-refractivity contribution in [3.05, 3.63) is 158 Å². The standard InChI is InChI=1S/C73H116O6/c1-4-7-10-13-16-19-22-24-26-28-30-31-32-33-34-35-36-37-38-39-40-41-43-44-46-48-51-54-57-60-63-66-72(75)78-69-70(68-77-71(74)65-62-59-56-53-50-21-18-15-12-9-6-3)79-73(76)67-64-61-58-55-52-49-47-45-42-29-27-25-23-20-17-14-11-8-5-2/h7,10,15-20,24-27,30-31,33-34,36-37,39-40,42-45,48,51,70H,4-6,8-9,11-14,21-23,28-29,32,35,38,41,46-47,49-50,52-69H2,1-3H3/b10-7-,18-15-,19-16-,20-17-,26-24-,27-25-,31-30-,34-33-,37-36-,40-39-,44-43-,45-42-,51-48-. The minimum absolute atomic E-state index is 0.104. The van der Waals surface area contributed by atoms with Gasteiger partial charge in [-0.15, -0.1) is 0 Å². The van der Waals surface area contributed by atoms with Gasteiger partial charge < -0.3 is 14.2 Å². The van der Waals surface area contributed by atoms with Gasteiger partial charge in [0.05, 0.1) is 0 Å². The first kappa shape index (κ1) is 74.0. The highest BCUT2D eigenvalue weighted by Crippen LogP contribution is 2.13. The second-order valence-corrected chi connectivity index (χ2v) is 20.6. The van der Waals surface area contributed by atoms with Crippen LogP contribution in [0.15, 0.2) is 158 Å². The fraction of sp³-hybridized carbons (Fsp3) is 0.603. The van der Waals surface area contributed by atoms with Crippen LogP contribution in [0.1, 0.15) is 265 Å². The molecule has 444 valence electrons. The molecule has 0 aromatic carbocycles. The summed E-state index contributed by atoms with van der Waals surface area (Å²) in [5.41, 5.74) is 0. The zero-order chi connectivity index (χ0) is 57.1. The molecule has 6 heteroatoms. The van der Waals surface area contributed by atoms with Crippen molar-refractivity contribution in [1.82, 2.24) is 0 Å². The van der Waals surface area contributed by atoms with Crippen LogP contribution in [-0.4, -0.2) is 37.2 Å². The molecule has 0 radical (unpaired) electrons. The summed E-state index contributed by atoms with van der Waals surface area (Å²) in [6.45, 7) is 6.41. The summed E-state index contributed by atoms with van der Waals surface area (Å²) in [6, 6.07) is 0. The van der Waals surface area contributed by atoms with Crippen molar-refractivity contribution in [3.63, 3.8) is 0 Å². The number of ether oxygens (including phenoxy) is 3. The lowest BCUT2D eigenvalue weighted by Gasteiger charge is -2.18. The van der Waals surface area contributed by atoms with Gasteiger partial charge in [-0.1, -0.05) is 256 Å². The Labute approximate surface area is 486 Å². The lowest BCUT2D eigenvalue weighted by Crippen LogP contribution is -2.30. The van der Waals surface area contributed by atoms with E-state index in [1.54, 1.807) is 0 Å². The van der Waals surface area contributed by atoms with Crippen molar-refractivity contribution >= 4 is 17.9 Å². The number of unbranched alkanes of at least 4 members (excludes halogenated alkanes) is 19. The Balaban J connectivity index is 4.40. The van der Waals surface area contributed by atoms with Gasteiger partial charge in [0, 0.05) is 19.3 Å². The number of hydrogen-bond donors (Lipinski definition) is 0. The van der Waals surface area contributed by atoms with Gasteiger partial charge in [-0.25, -0.2) is 0 Å². The molecule has 0 heterocycles. The molecular weight excluding hydrogens is 973 g/mol. The van der Waals surface area contributed by atoms with Gasteiger partial charge in [-0.05, 0) is 148 Å². The van der Waals surface area contributed by atoms with Gasteiger partial charge in [0.1, 0.15) is 13.2 Å². The minimum Gasteiger partial charge on any atom is -0.462 e. The lowest BCUT2D eigenvalue weighted by molar-refractivity contribution is -0.167. The molecule has 0 bridgehead atoms. The van der Waals surface area contributed by atoms with E-state index in [0.717, 1.165) is 161 Å². The lowest BCUT2D eigenvalue weighted by atomic mass is 10.1. The van der Waals surface area contributed by atoms with Crippen LogP contribution in [0.4, 0.5) is 0 Å². The second-order valence-electron chi connectivity index (χ2n) is 20.6. The first-order chi connectivity index (χ1) is 39.0. The van der Waals surface area contributed by atoms with E-state index in [1.165, 1.54) is 64.2 Å². The minimum atomic E-state index is -0.810. The highest BCUT2D eigenvalue weighted by Gasteiger charge is 2.19. The Morgan fingerprint density at radius 3 is 0.835 bits per heavy atom. The molecule has 0 fully saturated rings. The molecule has 0 aromatic rings. The molecule has 0 aliphatic carbocycles. The molecular formula is C73H116O6. The van der Waals surface area contributed by atoms with Crippen molar-refractivity contribution in [1.29, 1.82) is 0 Å².